The molecule has 0 radical (unpaired) electrons. The summed E-state index contributed by atoms with van der Waals surface area (Å²) in [5.74, 6) is -0.953. The Morgan fingerprint density at radius 2 is 0.738 bits per heavy atom. The van der Waals surface area contributed by atoms with E-state index in [1.165, 1.54) is 192 Å². The molecule has 0 heterocycles. The molecule has 4 aromatic rings. The van der Waals surface area contributed by atoms with E-state index < -0.39 is 6.10 Å². The average molecular weight is 895 g/mol. The van der Waals surface area contributed by atoms with Gasteiger partial charge in [-0.05, 0) is 63.6 Å². The van der Waals surface area contributed by atoms with Crippen LogP contribution in [0.5, 0.6) is 0 Å². The van der Waals surface area contributed by atoms with Crippen LogP contribution in [0.2, 0.25) is 0 Å². The van der Waals surface area contributed by atoms with Crippen LogP contribution in [-0.2, 0) is 35.0 Å². The number of ether oxygens (including phenoxy) is 3. The maximum atomic E-state index is 13.0. The van der Waals surface area contributed by atoms with Crippen LogP contribution in [0.4, 0.5) is 0 Å². The van der Waals surface area contributed by atoms with E-state index in [9.17, 15) is 14.4 Å². The summed E-state index contributed by atoms with van der Waals surface area (Å²) in [5.41, 5.74) is 1.22. The molecular weight excluding hydrogens is 805 g/mol. The van der Waals surface area contributed by atoms with Crippen molar-refractivity contribution in [1.82, 2.24) is 0 Å². The van der Waals surface area contributed by atoms with E-state index in [1.807, 2.05) is 0 Å². The first-order chi connectivity index (χ1) is 32.0. The summed E-state index contributed by atoms with van der Waals surface area (Å²) in [6.45, 7) is 4.33. The van der Waals surface area contributed by atoms with Crippen molar-refractivity contribution in [2.75, 3.05) is 13.2 Å². The van der Waals surface area contributed by atoms with E-state index in [0.29, 0.717) is 19.3 Å². The minimum absolute atomic E-state index is 0.0990. The third kappa shape index (κ3) is 22.6. The second kappa shape index (κ2) is 34.6. The molecule has 0 saturated heterocycles. The van der Waals surface area contributed by atoms with Crippen LogP contribution in [0.25, 0.3) is 32.3 Å². The van der Waals surface area contributed by atoms with Gasteiger partial charge in [0.15, 0.2) is 6.10 Å². The second-order valence-electron chi connectivity index (χ2n) is 19.3. The van der Waals surface area contributed by atoms with E-state index >= 15 is 0 Å². The smallest absolute Gasteiger partial charge is 0.306 e. The number of carbonyl (C=O) groups excluding carboxylic acids is 3. The summed E-state index contributed by atoms with van der Waals surface area (Å²) in [6, 6.07) is 19.6. The van der Waals surface area contributed by atoms with Crippen LogP contribution < -0.4 is 0 Å². The molecule has 4 rings (SSSR count). The quantitative estimate of drug-likeness (QED) is 0.0191. The standard InChI is InChI=1S/C59H90O6/c1-3-5-7-9-11-13-15-17-19-21-23-25-27-29-31-38-55(60)63-47-53(65-57(62)39-32-30-28-26-24-22-20-18-16-14-12-10-8-6-4-2)48-64-56(61)40-34-35-49-41-42-52-44-43-50-36-33-37-51-45-46-54(49)59(52)58(50)51/h33,36-37,41-46,53H,3-32,34-35,38-40,47-48H2,1-2H3. The fourth-order valence-corrected chi connectivity index (χ4v) is 9.60. The zero-order chi connectivity index (χ0) is 46.0. The maximum Gasteiger partial charge on any atom is 0.306 e. The van der Waals surface area contributed by atoms with Crippen LogP contribution in [0, 0.1) is 0 Å². The molecule has 65 heavy (non-hydrogen) atoms. The first-order valence-corrected chi connectivity index (χ1v) is 27.2. The highest BCUT2D eigenvalue weighted by atomic mass is 16.6. The predicted octanol–water partition coefficient (Wildman–Crippen LogP) is 17.4. The fourth-order valence-electron chi connectivity index (χ4n) is 9.60. The number of hydrogen-bond donors (Lipinski definition) is 0. The van der Waals surface area contributed by atoms with E-state index in [4.69, 9.17) is 14.2 Å². The van der Waals surface area contributed by atoms with Crippen LogP contribution >= 0.6 is 0 Å². The normalized spacial score (nSPS) is 12.1. The molecule has 0 saturated carbocycles. The van der Waals surface area contributed by atoms with Crippen molar-refractivity contribution in [3.63, 3.8) is 0 Å². The van der Waals surface area contributed by atoms with Gasteiger partial charge in [-0.2, -0.15) is 0 Å². The monoisotopic (exact) mass is 895 g/mol. The van der Waals surface area contributed by atoms with E-state index in [-0.39, 0.29) is 37.5 Å². The number of hydrogen-bond acceptors (Lipinski definition) is 6. The van der Waals surface area contributed by atoms with E-state index in [0.717, 1.165) is 44.9 Å². The number of benzene rings is 4. The predicted molar refractivity (Wildman–Crippen MR) is 274 cm³/mol. The Labute approximate surface area is 395 Å². The molecule has 0 fully saturated rings. The number of esters is 3. The average Bonchev–Trinajstić information content (AvgIpc) is 3.32. The summed E-state index contributed by atoms with van der Waals surface area (Å²) in [5, 5.41) is 7.50. The summed E-state index contributed by atoms with van der Waals surface area (Å²) in [4.78, 5) is 38.7. The van der Waals surface area contributed by atoms with Crippen molar-refractivity contribution in [3.8, 4) is 0 Å². The third-order valence-corrected chi connectivity index (χ3v) is 13.6. The Hall–Kier alpha value is -3.67. The SMILES string of the molecule is CCCCCCCCCCCCCCCCCC(=O)OCC(COC(=O)CCCc1ccc2ccc3cccc4ccc1c2c34)OC(=O)CCCCCCCCCCCCCCCCC. The topological polar surface area (TPSA) is 78.9 Å². The molecule has 4 aromatic carbocycles. The lowest BCUT2D eigenvalue weighted by Gasteiger charge is -2.18. The van der Waals surface area contributed by atoms with Crippen LogP contribution in [0.15, 0.2) is 54.6 Å². The lowest BCUT2D eigenvalue weighted by molar-refractivity contribution is -0.167. The molecule has 0 aliphatic carbocycles. The Balaban J connectivity index is 1.12. The number of aryl methyl sites for hydroxylation is 1. The zero-order valence-corrected chi connectivity index (χ0v) is 41.4. The van der Waals surface area contributed by atoms with Crippen molar-refractivity contribution in [2.24, 2.45) is 0 Å². The molecule has 0 amide bonds. The van der Waals surface area contributed by atoms with Gasteiger partial charge in [0, 0.05) is 19.3 Å². The lowest BCUT2D eigenvalue weighted by atomic mass is 9.90. The summed E-state index contributed by atoms with van der Waals surface area (Å²) < 4.78 is 17.1. The first-order valence-electron chi connectivity index (χ1n) is 27.2. The lowest BCUT2D eigenvalue weighted by Crippen LogP contribution is -2.30. The molecule has 0 bridgehead atoms. The number of unbranched alkanes of at least 4 members (excludes halogenated alkanes) is 28. The highest BCUT2D eigenvalue weighted by molar-refractivity contribution is 6.23. The van der Waals surface area contributed by atoms with Gasteiger partial charge in [-0.25, -0.2) is 0 Å². The van der Waals surface area contributed by atoms with Gasteiger partial charge < -0.3 is 14.2 Å². The van der Waals surface area contributed by atoms with Crippen molar-refractivity contribution in [2.45, 2.75) is 245 Å². The van der Waals surface area contributed by atoms with E-state index in [2.05, 4.69) is 68.4 Å². The largest absolute Gasteiger partial charge is 0.462 e. The zero-order valence-electron chi connectivity index (χ0n) is 41.4. The molecule has 1 atom stereocenters. The van der Waals surface area contributed by atoms with Gasteiger partial charge in [0.05, 0.1) is 0 Å². The number of rotatable bonds is 41. The Morgan fingerprint density at radius 3 is 1.18 bits per heavy atom. The Bertz CT molecular complexity index is 1830. The van der Waals surface area contributed by atoms with Gasteiger partial charge in [0.2, 0.25) is 0 Å². The Morgan fingerprint density at radius 1 is 0.385 bits per heavy atom. The fraction of sp³-hybridized carbons (Fsp3) is 0.678. The van der Waals surface area contributed by atoms with Gasteiger partial charge in [-0.3, -0.25) is 14.4 Å². The van der Waals surface area contributed by atoms with Gasteiger partial charge in [-0.15, -0.1) is 0 Å². The van der Waals surface area contributed by atoms with Crippen molar-refractivity contribution in [3.05, 3.63) is 60.2 Å². The van der Waals surface area contributed by atoms with Crippen molar-refractivity contribution in [1.29, 1.82) is 0 Å². The molecule has 0 aliphatic heterocycles. The third-order valence-electron chi connectivity index (χ3n) is 13.6. The molecule has 6 heteroatoms. The second-order valence-corrected chi connectivity index (χ2v) is 19.3. The van der Waals surface area contributed by atoms with Gasteiger partial charge in [-0.1, -0.05) is 248 Å². The highest BCUT2D eigenvalue weighted by Gasteiger charge is 2.20. The Kier molecular flexibility index (Phi) is 28.7. The van der Waals surface area contributed by atoms with Crippen molar-refractivity contribution < 1.29 is 28.6 Å². The first kappa shape index (κ1) is 53.9. The minimum atomic E-state index is -0.814. The van der Waals surface area contributed by atoms with Crippen LogP contribution in [-0.4, -0.2) is 37.2 Å². The van der Waals surface area contributed by atoms with Gasteiger partial charge >= 0.3 is 17.9 Å². The molecule has 6 nitrogen and oxygen atoms in total. The van der Waals surface area contributed by atoms with Gasteiger partial charge in [0.25, 0.3) is 0 Å². The molecule has 362 valence electrons. The summed E-state index contributed by atoms with van der Waals surface area (Å²) in [7, 11) is 0. The highest BCUT2D eigenvalue weighted by Crippen LogP contribution is 2.36. The van der Waals surface area contributed by atoms with E-state index in [1.54, 1.807) is 0 Å². The molecule has 0 N–H and O–H groups in total. The molecular formula is C59H90O6. The summed E-state index contributed by atoms with van der Waals surface area (Å²) in [6.07, 6.45) is 39.5. The maximum absolute atomic E-state index is 13.0. The van der Waals surface area contributed by atoms with Crippen molar-refractivity contribution >= 4 is 50.2 Å². The van der Waals surface area contributed by atoms with Crippen LogP contribution in [0.1, 0.15) is 238 Å². The number of carbonyl (C=O) groups is 3. The molecule has 0 spiro atoms. The van der Waals surface area contributed by atoms with Crippen LogP contribution in [0.3, 0.4) is 0 Å². The summed E-state index contributed by atoms with van der Waals surface area (Å²) >= 11 is 0. The van der Waals surface area contributed by atoms with Gasteiger partial charge in [0.1, 0.15) is 13.2 Å². The molecule has 1 unspecified atom stereocenters. The molecule has 0 aliphatic rings. The minimum Gasteiger partial charge on any atom is -0.462 e. The molecule has 0 aromatic heterocycles.